The van der Waals surface area contributed by atoms with Crippen molar-refractivity contribution in [2.45, 2.75) is 125 Å². The lowest BCUT2D eigenvalue weighted by molar-refractivity contribution is -0.179. The Kier molecular flexibility index (Phi) is 7.58. The summed E-state index contributed by atoms with van der Waals surface area (Å²) in [6.07, 6.45) is 17.7. The van der Waals surface area contributed by atoms with E-state index in [0.29, 0.717) is 33.5 Å². The quantitative estimate of drug-likeness (QED) is 0.187. The van der Waals surface area contributed by atoms with Crippen LogP contribution in [0.4, 0.5) is 0 Å². The number of fused-ring (bicyclic) bond motifs is 2. The summed E-state index contributed by atoms with van der Waals surface area (Å²) >= 11 is 0. The number of phenolic OH excluding ortho intramolecular Hbond substituents is 1. The first-order valence-electron chi connectivity index (χ1n) is 17.6. The Morgan fingerprint density at radius 3 is 2.30 bits per heavy atom. The Labute approximate surface area is 262 Å². The van der Waals surface area contributed by atoms with Gasteiger partial charge in [0.1, 0.15) is 11.9 Å². The minimum atomic E-state index is -0.245. The van der Waals surface area contributed by atoms with Crippen molar-refractivity contribution in [3.63, 3.8) is 0 Å². The van der Waals surface area contributed by atoms with E-state index < -0.39 is 0 Å². The van der Waals surface area contributed by atoms with Crippen molar-refractivity contribution in [3.05, 3.63) is 48.1 Å². The molecule has 6 rings (SSSR count). The third kappa shape index (κ3) is 4.60. The molecule has 5 aliphatic rings. The van der Waals surface area contributed by atoms with E-state index in [2.05, 4.69) is 55.0 Å². The van der Waals surface area contributed by atoms with Crippen molar-refractivity contribution in [2.75, 3.05) is 0 Å². The van der Waals surface area contributed by atoms with Crippen molar-refractivity contribution in [3.8, 4) is 5.75 Å². The number of esters is 1. The zero-order valence-corrected chi connectivity index (χ0v) is 28.2. The van der Waals surface area contributed by atoms with Crippen LogP contribution < -0.4 is 0 Å². The normalized spacial score (nSPS) is 41.6. The molecule has 0 bridgehead atoms. The predicted octanol–water partition coefficient (Wildman–Crippen LogP) is 10.4. The van der Waals surface area contributed by atoms with E-state index in [0.717, 1.165) is 29.7 Å². The number of phenols is 1. The van der Waals surface area contributed by atoms with Gasteiger partial charge < -0.3 is 9.84 Å². The lowest BCUT2D eigenvalue weighted by Crippen LogP contribution is -2.58. The van der Waals surface area contributed by atoms with E-state index in [1.54, 1.807) is 24.3 Å². The Balaban J connectivity index is 1.15. The van der Waals surface area contributed by atoms with Gasteiger partial charge in [-0.2, -0.15) is 0 Å². The Hall–Kier alpha value is -2.03. The minimum absolute atomic E-state index is 0.0120. The zero-order valence-electron chi connectivity index (χ0n) is 28.2. The number of rotatable bonds is 8. The lowest BCUT2D eigenvalue weighted by Gasteiger charge is -2.63. The van der Waals surface area contributed by atoms with Crippen molar-refractivity contribution < 1.29 is 14.6 Å². The van der Waals surface area contributed by atoms with Crippen LogP contribution in [-0.2, 0) is 9.53 Å². The number of hydrogen-bond donors (Lipinski definition) is 1. The molecule has 0 saturated heterocycles. The van der Waals surface area contributed by atoms with Crippen LogP contribution in [0.2, 0.25) is 0 Å². The lowest BCUT2D eigenvalue weighted by atomic mass is 9.41. The van der Waals surface area contributed by atoms with E-state index >= 15 is 0 Å². The molecule has 0 aromatic heterocycles. The van der Waals surface area contributed by atoms with Crippen LogP contribution in [0.3, 0.4) is 0 Å². The zero-order chi connectivity index (χ0) is 31.0. The first kappa shape index (κ1) is 31.0. The molecule has 9 atom stereocenters. The molecule has 0 radical (unpaired) electrons. The molecule has 43 heavy (non-hydrogen) atoms. The topological polar surface area (TPSA) is 46.5 Å². The fourth-order valence-electron chi connectivity index (χ4n) is 12.3. The van der Waals surface area contributed by atoms with Gasteiger partial charge in [-0.1, -0.05) is 72.8 Å². The molecular formula is C40H58O3. The maximum absolute atomic E-state index is 13.0. The molecule has 5 saturated carbocycles. The predicted molar refractivity (Wildman–Crippen MR) is 176 cm³/mol. The van der Waals surface area contributed by atoms with Gasteiger partial charge in [0.2, 0.25) is 0 Å². The molecule has 0 unspecified atom stereocenters. The summed E-state index contributed by atoms with van der Waals surface area (Å²) < 4.78 is 6.22. The number of benzene rings is 1. The number of ether oxygens (including phenoxy) is 1. The van der Waals surface area contributed by atoms with Gasteiger partial charge in [-0.25, -0.2) is 4.79 Å². The van der Waals surface area contributed by atoms with Gasteiger partial charge in [-0.15, -0.1) is 0 Å². The number of aromatic hydroxyl groups is 1. The van der Waals surface area contributed by atoms with Crippen LogP contribution in [-0.4, -0.2) is 17.2 Å². The van der Waals surface area contributed by atoms with Crippen LogP contribution in [0.25, 0.3) is 6.08 Å². The number of allylic oxidation sites excluding steroid dienone is 1. The maximum atomic E-state index is 13.0. The third-order valence-corrected chi connectivity index (χ3v) is 15.1. The number of hydrogen-bond acceptors (Lipinski definition) is 3. The number of carbonyl (C=O) groups is 1. The molecule has 1 N–H and O–H groups in total. The van der Waals surface area contributed by atoms with Crippen LogP contribution in [0.15, 0.2) is 42.5 Å². The van der Waals surface area contributed by atoms with Crippen molar-refractivity contribution in [1.82, 2.24) is 0 Å². The fraction of sp³-hybridized carbons (Fsp3) is 0.725. The van der Waals surface area contributed by atoms with E-state index in [4.69, 9.17) is 4.74 Å². The summed E-state index contributed by atoms with van der Waals surface area (Å²) in [6, 6.07) is 6.90. The summed E-state index contributed by atoms with van der Waals surface area (Å²) in [5.41, 5.74) is 4.16. The second-order valence-corrected chi connectivity index (χ2v) is 17.2. The Bertz CT molecular complexity index is 1270. The van der Waals surface area contributed by atoms with E-state index in [1.807, 2.05) is 12.1 Å². The van der Waals surface area contributed by atoms with Crippen molar-refractivity contribution in [1.29, 1.82) is 0 Å². The van der Waals surface area contributed by atoms with Crippen LogP contribution in [0.1, 0.15) is 125 Å². The number of carbonyl (C=O) groups excluding carboxylic acids is 1. The molecule has 3 heteroatoms. The van der Waals surface area contributed by atoms with Gasteiger partial charge in [0, 0.05) is 11.5 Å². The summed E-state index contributed by atoms with van der Waals surface area (Å²) in [5.74, 6) is 3.67. The van der Waals surface area contributed by atoms with E-state index in [-0.39, 0.29) is 23.2 Å². The molecular weight excluding hydrogens is 528 g/mol. The first-order chi connectivity index (χ1) is 20.2. The first-order valence-corrected chi connectivity index (χ1v) is 17.6. The van der Waals surface area contributed by atoms with Crippen LogP contribution >= 0.6 is 0 Å². The molecule has 236 valence electrons. The minimum Gasteiger partial charge on any atom is -0.508 e. The van der Waals surface area contributed by atoms with Crippen molar-refractivity contribution >= 4 is 12.0 Å². The molecule has 1 aromatic carbocycles. The second kappa shape index (κ2) is 10.5. The highest BCUT2D eigenvalue weighted by Gasteiger charge is 2.82. The summed E-state index contributed by atoms with van der Waals surface area (Å²) in [5, 5.41) is 9.54. The van der Waals surface area contributed by atoms with Gasteiger partial charge in [0.25, 0.3) is 0 Å². The standard InChI is InChI=1S/C40H58O3/c1-26(2)27(3)9-10-28(4)31-19-21-38(8)33-17-16-32-36(5,6)34(43-35(42)18-13-29-11-14-30(41)15-12-29)20-22-39(32)25-40(33,39)24-23-37(31,38)7/h11-15,18,26,28,31-34,41H,3,9-10,16-17,19-25H2,1-2,4-8H3/t28-,31-,32+,33+,34+,37-,38+,39-,40+/m1/s1. The smallest absolute Gasteiger partial charge is 0.331 e. The molecule has 0 heterocycles. The van der Waals surface area contributed by atoms with E-state index in [9.17, 15) is 9.90 Å². The monoisotopic (exact) mass is 586 g/mol. The van der Waals surface area contributed by atoms with Crippen LogP contribution in [0.5, 0.6) is 5.75 Å². The highest BCUT2D eigenvalue weighted by molar-refractivity contribution is 5.87. The second-order valence-electron chi connectivity index (χ2n) is 17.2. The maximum Gasteiger partial charge on any atom is 0.331 e. The largest absolute Gasteiger partial charge is 0.508 e. The molecule has 1 aromatic rings. The molecule has 0 amide bonds. The van der Waals surface area contributed by atoms with E-state index in [1.165, 1.54) is 69.8 Å². The highest BCUT2D eigenvalue weighted by atomic mass is 16.5. The van der Waals surface area contributed by atoms with Gasteiger partial charge in [-0.05, 0) is 146 Å². The fourth-order valence-corrected chi connectivity index (χ4v) is 12.3. The van der Waals surface area contributed by atoms with Gasteiger partial charge in [-0.3, -0.25) is 0 Å². The molecule has 3 nitrogen and oxygen atoms in total. The van der Waals surface area contributed by atoms with Crippen LogP contribution in [0, 0.1) is 56.7 Å². The molecule has 5 fully saturated rings. The summed E-state index contributed by atoms with van der Waals surface area (Å²) in [7, 11) is 0. The highest BCUT2D eigenvalue weighted by Crippen LogP contribution is 2.89. The SMILES string of the molecule is C=C(CC[C@@H](C)[C@H]1CC[C@@]2(C)[C@@H]3CC[C@H]4C(C)(C)[C@@H](OC(=O)C=Cc5ccc(O)cc5)CC[C@@]45C[C@@]35CC[C@]12C)C(C)C. The van der Waals surface area contributed by atoms with Gasteiger partial charge in [0.05, 0.1) is 0 Å². The van der Waals surface area contributed by atoms with Gasteiger partial charge in [0.15, 0.2) is 0 Å². The average Bonchev–Trinajstić information content (AvgIpc) is 3.54. The van der Waals surface area contributed by atoms with Gasteiger partial charge >= 0.3 is 5.97 Å². The summed E-state index contributed by atoms with van der Waals surface area (Å²) in [4.78, 5) is 13.0. The molecule has 2 spiro atoms. The van der Waals surface area contributed by atoms with Crippen molar-refractivity contribution in [2.24, 2.45) is 56.7 Å². The Morgan fingerprint density at radius 2 is 1.60 bits per heavy atom. The molecule has 5 aliphatic carbocycles. The third-order valence-electron chi connectivity index (χ3n) is 15.1. The average molecular weight is 587 g/mol. The molecule has 0 aliphatic heterocycles. The Morgan fingerprint density at radius 1 is 0.930 bits per heavy atom. The summed E-state index contributed by atoms with van der Waals surface area (Å²) in [6.45, 7) is 21.8.